The summed E-state index contributed by atoms with van der Waals surface area (Å²) < 4.78 is 5.43. The van der Waals surface area contributed by atoms with E-state index in [1.54, 1.807) is 0 Å². The van der Waals surface area contributed by atoms with Crippen molar-refractivity contribution in [2.75, 3.05) is 26.4 Å². The zero-order chi connectivity index (χ0) is 13.8. The second kappa shape index (κ2) is 11.9. The largest absolute Gasteiger partial charge is 0.396 e. The molecule has 0 saturated carbocycles. The Morgan fingerprint density at radius 2 is 1.94 bits per heavy atom. The summed E-state index contributed by atoms with van der Waals surface area (Å²) in [6.45, 7) is 8.30. The predicted molar refractivity (Wildman–Crippen MR) is 74.7 cm³/mol. The third-order valence-corrected chi connectivity index (χ3v) is 2.99. The van der Waals surface area contributed by atoms with Crippen molar-refractivity contribution in [3.8, 4) is 0 Å². The van der Waals surface area contributed by atoms with Crippen molar-refractivity contribution >= 4 is 0 Å². The minimum Gasteiger partial charge on any atom is -0.396 e. The fourth-order valence-electron chi connectivity index (χ4n) is 1.78. The highest BCUT2D eigenvalue weighted by Gasteiger charge is 2.09. The van der Waals surface area contributed by atoms with Crippen molar-refractivity contribution in [1.82, 2.24) is 5.32 Å². The number of rotatable bonds is 12. The van der Waals surface area contributed by atoms with Gasteiger partial charge in [0.25, 0.3) is 0 Å². The summed E-state index contributed by atoms with van der Waals surface area (Å²) >= 11 is 0. The SMILES string of the molecule is CCC(CCO)NCC(O)COCCCC(C)C. The molecule has 0 radical (unpaired) electrons. The van der Waals surface area contributed by atoms with Gasteiger partial charge in [-0.25, -0.2) is 0 Å². The highest BCUT2D eigenvalue weighted by molar-refractivity contribution is 4.67. The maximum Gasteiger partial charge on any atom is 0.0897 e. The van der Waals surface area contributed by atoms with E-state index >= 15 is 0 Å². The number of aliphatic hydroxyl groups excluding tert-OH is 2. The first-order valence-electron chi connectivity index (χ1n) is 7.20. The third kappa shape index (κ3) is 11.0. The third-order valence-electron chi connectivity index (χ3n) is 2.99. The van der Waals surface area contributed by atoms with Crippen LogP contribution in [0.3, 0.4) is 0 Å². The van der Waals surface area contributed by atoms with Gasteiger partial charge in [-0.15, -0.1) is 0 Å². The Balaban J connectivity index is 3.44. The fraction of sp³-hybridized carbons (Fsp3) is 1.00. The number of nitrogens with one attached hydrogen (secondary N) is 1. The Morgan fingerprint density at radius 3 is 2.50 bits per heavy atom. The van der Waals surface area contributed by atoms with E-state index < -0.39 is 6.10 Å². The van der Waals surface area contributed by atoms with Crippen LogP contribution in [0.4, 0.5) is 0 Å². The first kappa shape index (κ1) is 17.8. The molecule has 0 spiro atoms. The molecule has 4 nitrogen and oxygen atoms in total. The summed E-state index contributed by atoms with van der Waals surface area (Å²) in [5.41, 5.74) is 0. The van der Waals surface area contributed by atoms with Gasteiger partial charge < -0.3 is 20.3 Å². The summed E-state index contributed by atoms with van der Waals surface area (Å²) in [7, 11) is 0. The summed E-state index contributed by atoms with van der Waals surface area (Å²) in [6.07, 6.45) is 3.46. The Morgan fingerprint density at radius 1 is 1.22 bits per heavy atom. The molecule has 0 bridgehead atoms. The molecular weight excluding hydrogens is 230 g/mol. The minimum absolute atomic E-state index is 0.188. The lowest BCUT2D eigenvalue weighted by atomic mass is 10.1. The lowest BCUT2D eigenvalue weighted by Gasteiger charge is -2.18. The van der Waals surface area contributed by atoms with Gasteiger partial charge in [-0.2, -0.15) is 0 Å². The summed E-state index contributed by atoms with van der Waals surface area (Å²) in [5.74, 6) is 0.712. The van der Waals surface area contributed by atoms with Crippen LogP contribution in [0.15, 0.2) is 0 Å². The quantitative estimate of drug-likeness (QED) is 0.467. The molecule has 110 valence electrons. The number of aliphatic hydroxyl groups is 2. The molecule has 0 aliphatic rings. The molecule has 0 saturated heterocycles. The van der Waals surface area contributed by atoms with Gasteiger partial charge in [-0.3, -0.25) is 0 Å². The fourth-order valence-corrected chi connectivity index (χ4v) is 1.78. The van der Waals surface area contributed by atoms with E-state index in [9.17, 15) is 5.11 Å². The van der Waals surface area contributed by atoms with Gasteiger partial charge >= 0.3 is 0 Å². The van der Waals surface area contributed by atoms with E-state index in [1.165, 1.54) is 6.42 Å². The van der Waals surface area contributed by atoms with Gasteiger partial charge in [0.2, 0.25) is 0 Å². The maximum absolute atomic E-state index is 9.72. The number of hydrogen-bond acceptors (Lipinski definition) is 4. The van der Waals surface area contributed by atoms with Gasteiger partial charge in [-0.1, -0.05) is 20.8 Å². The summed E-state index contributed by atoms with van der Waals surface area (Å²) in [6, 6.07) is 0.283. The van der Waals surface area contributed by atoms with Crippen LogP contribution < -0.4 is 5.32 Å². The second-order valence-corrected chi connectivity index (χ2v) is 5.29. The minimum atomic E-state index is -0.461. The van der Waals surface area contributed by atoms with Crippen LogP contribution in [-0.4, -0.2) is 48.7 Å². The molecule has 2 unspecified atom stereocenters. The standard InChI is InChI=1S/C14H31NO3/c1-4-13(7-8-16)15-10-14(17)11-18-9-5-6-12(2)3/h12-17H,4-11H2,1-3H3. The molecule has 2 atom stereocenters. The zero-order valence-corrected chi connectivity index (χ0v) is 12.2. The van der Waals surface area contributed by atoms with Crippen LogP contribution in [0.1, 0.15) is 46.5 Å². The summed E-state index contributed by atoms with van der Waals surface area (Å²) in [5, 5.41) is 21.8. The molecule has 0 aromatic rings. The van der Waals surface area contributed by atoms with Gasteiger partial charge in [-0.05, 0) is 31.6 Å². The molecule has 0 aliphatic carbocycles. The first-order valence-corrected chi connectivity index (χ1v) is 7.20. The normalized spacial score (nSPS) is 15.0. The van der Waals surface area contributed by atoms with Crippen LogP contribution >= 0.6 is 0 Å². The zero-order valence-electron chi connectivity index (χ0n) is 12.2. The Hall–Kier alpha value is -0.160. The first-order chi connectivity index (χ1) is 8.60. The van der Waals surface area contributed by atoms with Crippen molar-refractivity contribution in [1.29, 1.82) is 0 Å². The predicted octanol–water partition coefficient (Wildman–Crippen LogP) is 1.55. The lowest BCUT2D eigenvalue weighted by molar-refractivity contribution is 0.0330. The molecule has 0 heterocycles. The van der Waals surface area contributed by atoms with Gasteiger partial charge in [0.15, 0.2) is 0 Å². The smallest absolute Gasteiger partial charge is 0.0897 e. The number of hydrogen-bond donors (Lipinski definition) is 3. The molecule has 3 N–H and O–H groups in total. The van der Waals surface area contributed by atoms with Gasteiger partial charge in [0.05, 0.1) is 12.7 Å². The van der Waals surface area contributed by atoms with Crippen LogP contribution in [0, 0.1) is 5.92 Å². The molecule has 0 amide bonds. The van der Waals surface area contributed by atoms with Crippen molar-refractivity contribution in [3.63, 3.8) is 0 Å². The highest BCUT2D eigenvalue weighted by Crippen LogP contribution is 2.03. The lowest BCUT2D eigenvalue weighted by Crippen LogP contribution is -2.37. The molecular formula is C14H31NO3. The van der Waals surface area contributed by atoms with Crippen molar-refractivity contribution in [2.24, 2.45) is 5.92 Å². The molecule has 18 heavy (non-hydrogen) atoms. The molecule has 0 aromatic carbocycles. The number of ether oxygens (including phenoxy) is 1. The van der Waals surface area contributed by atoms with E-state index in [4.69, 9.17) is 9.84 Å². The van der Waals surface area contributed by atoms with E-state index in [1.807, 2.05) is 0 Å². The Bertz CT molecular complexity index is 176. The molecule has 4 heteroatoms. The molecule has 0 fully saturated rings. The van der Waals surface area contributed by atoms with Crippen molar-refractivity contribution in [2.45, 2.75) is 58.6 Å². The maximum atomic E-state index is 9.72. The van der Waals surface area contributed by atoms with Gasteiger partial charge in [0.1, 0.15) is 0 Å². The second-order valence-electron chi connectivity index (χ2n) is 5.29. The van der Waals surface area contributed by atoms with E-state index in [0.717, 1.165) is 25.9 Å². The molecule has 0 aliphatic heterocycles. The van der Waals surface area contributed by atoms with Crippen molar-refractivity contribution in [3.05, 3.63) is 0 Å². The van der Waals surface area contributed by atoms with E-state index in [-0.39, 0.29) is 12.6 Å². The highest BCUT2D eigenvalue weighted by atomic mass is 16.5. The molecule has 0 aromatic heterocycles. The van der Waals surface area contributed by atoms with Gasteiger partial charge in [0, 0.05) is 25.8 Å². The van der Waals surface area contributed by atoms with Crippen LogP contribution in [-0.2, 0) is 4.74 Å². The average molecular weight is 261 g/mol. The van der Waals surface area contributed by atoms with Crippen LogP contribution in [0.2, 0.25) is 0 Å². The average Bonchev–Trinajstić information content (AvgIpc) is 2.33. The Labute approximate surface area is 112 Å². The van der Waals surface area contributed by atoms with Crippen molar-refractivity contribution < 1.29 is 14.9 Å². The van der Waals surface area contributed by atoms with Crippen LogP contribution in [0.25, 0.3) is 0 Å². The van der Waals surface area contributed by atoms with E-state index in [2.05, 4.69) is 26.1 Å². The van der Waals surface area contributed by atoms with Crippen LogP contribution in [0.5, 0.6) is 0 Å². The summed E-state index contributed by atoms with van der Waals surface area (Å²) in [4.78, 5) is 0. The molecule has 0 rings (SSSR count). The monoisotopic (exact) mass is 261 g/mol. The topological polar surface area (TPSA) is 61.7 Å². The Kier molecular flexibility index (Phi) is 11.8. The van der Waals surface area contributed by atoms with E-state index in [0.29, 0.717) is 19.1 Å².